The zero-order chi connectivity index (χ0) is 11.4. The van der Waals surface area contributed by atoms with Gasteiger partial charge < -0.3 is 9.84 Å². The monoisotopic (exact) mass is 202 g/mol. The fraction of sp³-hybridized carbons (Fsp3) is 0.100. The lowest BCUT2D eigenvalue weighted by molar-refractivity contribution is 0.0600. The highest BCUT2D eigenvalue weighted by atomic mass is 16.5. The summed E-state index contributed by atoms with van der Waals surface area (Å²) in [6, 6.07) is 5.70. The van der Waals surface area contributed by atoms with Gasteiger partial charge in [-0.2, -0.15) is 10.5 Å². The molecule has 1 rings (SSSR count). The van der Waals surface area contributed by atoms with Gasteiger partial charge in [0.2, 0.25) is 0 Å². The van der Waals surface area contributed by atoms with Crippen LogP contribution < -0.4 is 0 Å². The third-order valence-corrected chi connectivity index (χ3v) is 1.77. The Morgan fingerprint density at radius 2 is 1.80 bits per heavy atom. The van der Waals surface area contributed by atoms with Crippen LogP contribution in [0.15, 0.2) is 12.1 Å². The first-order valence-electron chi connectivity index (χ1n) is 3.89. The maximum atomic E-state index is 11.1. The lowest BCUT2D eigenvalue weighted by atomic mass is 10.1. The van der Waals surface area contributed by atoms with E-state index in [2.05, 4.69) is 4.74 Å². The van der Waals surface area contributed by atoms with Crippen molar-refractivity contribution in [3.63, 3.8) is 0 Å². The van der Waals surface area contributed by atoms with Gasteiger partial charge in [-0.15, -0.1) is 0 Å². The van der Waals surface area contributed by atoms with Crippen LogP contribution in [0.2, 0.25) is 0 Å². The minimum Gasteiger partial charge on any atom is -0.505 e. The van der Waals surface area contributed by atoms with Crippen molar-refractivity contribution in [2.24, 2.45) is 0 Å². The van der Waals surface area contributed by atoms with E-state index in [4.69, 9.17) is 10.5 Å². The number of carbonyl (C=O) groups excluding carboxylic acids is 1. The summed E-state index contributed by atoms with van der Waals surface area (Å²) in [5, 5.41) is 26.7. The molecule has 15 heavy (non-hydrogen) atoms. The van der Waals surface area contributed by atoms with Crippen molar-refractivity contribution in [3.8, 4) is 17.9 Å². The molecule has 0 bridgehead atoms. The topological polar surface area (TPSA) is 94.1 Å². The summed E-state index contributed by atoms with van der Waals surface area (Å²) in [6.45, 7) is 0. The molecule has 0 aliphatic rings. The Labute approximate surface area is 85.7 Å². The van der Waals surface area contributed by atoms with Gasteiger partial charge in [-0.1, -0.05) is 0 Å². The Balaban J connectivity index is 3.43. The molecule has 0 heterocycles. The smallest absolute Gasteiger partial charge is 0.337 e. The van der Waals surface area contributed by atoms with E-state index in [0.717, 1.165) is 0 Å². The number of carbonyl (C=O) groups is 1. The second-order valence-electron chi connectivity index (χ2n) is 2.64. The minimum atomic E-state index is -0.664. The van der Waals surface area contributed by atoms with Crippen LogP contribution in [-0.2, 0) is 4.74 Å². The molecule has 0 spiro atoms. The van der Waals surface area contributed by atoms with E-state index in [1.54, 1.807) is 12.1 Å². The van der Waals surface area contributed by atoms with E-state index < -0.39 is 11.7 Å². The molecule has 0 aliphatic heterocycles. The lowest BCUT2D eigenvalue weighted by Crippen LogP contribution is -2.02. The summed E-state index contributed by atoms with van der Waals surface area (Å²) in [5.41, 5.74) is -0.202. The van der Waals surface area contributed by atoms with E-state index >= 15 is 0 Å². The molecule has 1 aromatic rings. The van der Waals surface area contributed by atoms with Gasteiger partial charge in [0.15, 0.2) is 5.75 Å². The summed E-state index contributed by atoms with van der Waals surface area (Å²) in [6.07, 6.45) is 0. The number of hydrogen-bond donors (Lipinski definition) is 1. The fourth-order valence-corrected chi connectivity index (χ4v) is 1.04. The summed E-state index contributed by atoms with van der Waals surface area (Å²) in [5.74, 6) is -1.09. The molecule has 0 saturated heterocycles. The van der Waals surface area contributed by atoms with Crippen molar-refractivity contribution >= 4 is 5.97 Å². The molecule has 0 atom stereocenters. The SMILES string of the molecule is COC(=O)c1cc(C#N)c(O)c(C#N)c1. The number of nitrogens with zero attached hydrogens (tertiary/aromatic N) is 2. The second kappa shape index (κ2) is 4.12. The number of ether oxygens (including phenoxy) is 1. The van der Waals surface area contributed by atoms with Crippen molar-refractivity contribution in [1.29, 1.82) is 10.5 Å². The zero-order valence-electron chi connectivity index (χ0n) is 7.81. The number of aromatic hydroxyl groups is 1. The van der Waals surface area contributed by atoms with Crippen LogP contribution in [0.5, 0.6) is 5.75 Å². The number of hydrogen-bond acceptors (Lipinski definition) is 5. The Morgan fingerprint density at radius 1 is 1.33 bits per heavy atom. The Kier molecular flexibility index (Phi) is 2.90. The van der Waals surface area contributed by atoms with E-state index in [1.165, 1.54) is 19.2 Å². The quantitative estimate of drug-likeness (QED) is 0.683. The van der Waals surface area contributed by atoms with Gasteiger partial charge in [-0.25, -0.2) is 4.79 Å². The van der Waals surface area contributed by atoms with Gasteiger partial charge in [0.1, 0.15) is 12.1 Å². The zero-order valence-corrected chi connectivity index (χ0v) is 7.81. The predicted molar refractivity (Wildman–Crippen MR) is 48.9 cm³/mol. The standard InChI is InChI=1S/C10H6N2O3/c1-15-10(14)6-2-7(4-11)9(13)8(3-6)5-12/h2-3,13H,1H3. The first-order valence-corrected chi connectivity index (χ1v) is 3.89. The summed E-state index contributed by atoms with van der Waals surface area (Å²) >= 11 is 0. The van der Waals surface area contributed by atoms with Gasteiger partial charge in [0, 0.05) is 0 Å². The van der Waals surface area contributed by atoms with Gasteiger partial charge in [-0.05, 0) is 12.1 Å². The van der Waals surface area contributed by atoms with Crippen LogP contribution in [0.4, 0.5) is 0 Å². The van der Waals surface area contributed by atoms with Crippen LogP contribution in [-0.4, -0.2) is 18.2 Å². The molecule has 5 heteroatoms. The first kappa shape index (κ1) is 10.6. The summed E-state index contributed by atoms with van der Waals surface area (Å²) in [4.78, 5) is 11.1. The highest BCUT2D eigenvalue weighted by Crippen LogP contribution is 2.23. The van der Waals surface area contributed by atoms with E-state index in [0.29, 0.717) is 0 Å². The molecule has 1 N–H and O–H groups in total. The molecule has 0 amide bonds. The molecule has 0 saturated carbocycles. The van der Waals surface area contributed by atoms with Crippen LogP contribution in [0.1, 0.15) is 21.5 Å². The maximum Gasteiger partial charge on any atom is 0.337 e. The highest BCUT2D eigenvalue weighted by molar-refractivity contribution is 5.90. The van der Waals surface area contributed by atoms with Crippen molar-refractivity contribution < 1.29 is 14.6 Å². The summed E-state index contributed by atoms with van der Waals surface area (Å²) in [7, 11) is 1.19. The maximum absolute atomic E-state index is 11.1. The molecule has 1 aromatic carbocycles. The molecule has 0 fully saturated rings. The van der Waals surface area contributed by atoms with Crippen LogP contribution in [0.25, 0.3) is 0 Å². The average Bonchev–Trinajstić information content (AvgIpc) is 2.28. The third kappa shape index (κ3) is 1.87. The number of nitriles is 2. The number of phenols is 1. The van der Waals surface area contributed by atoms with E-state index in [9.17, 15) is 9.90 Å². The molecule has 74 valence electrons. The third-order valence-electron chi connectivity index (χ3n) is 1.77. The second-order valence-corrected chi connectivity index (χ2v) is 2.64. The van der Waals surface area contributed by atoms with E-state index in [1.807, 2.05) is 0 Å². The first-order chi connectivity index (χ1) is 7.13. The molecular formula is C10H6N2O3. The molecule has 0 unspecified atom stereocenters. The van der Waals surface area contributed by atoms with Crippen molar-refractivity contribution in [3.05, 3.63) is 28.8 Å². The van der Waals surface area contributed by atoms with Crippen molar-refractivity contribution in [1.82, 2.24) is 0 Å². The number of benzene rings is 1. The Morgan fingerprint density at radius 3 is 2.13 bits per heavy atom. The van der Waals surface area contributed by atoms with Gasteiger partial charge in [0.25, 0.3) is 0 Å². The lowest BCUT2D eigenvalue weighted by Gasteiger charge is -2.02. The minimum absolute atomic E-state index is 0.0587. The predicted octanol–water partition coefficient (Wildman–Crippen LogP) is 0.922. The normalized spacial score (nSPS) is 8.73. The van der Waals surface area contributed by atoms with Crippen molar-refractivity contribution in [2.75, 3.05) is 7.11 Å². The molecule has 5 nitrogen and oxygen atoms in total. The molecular weight excluding hydrogens is 196 g/mol. The Hall–Kier alpha value is -2.53. The van der Waals surface area contributed by atoms with Gasteiger partial charge >= 0.3 is 5.97 Å². The molecule has 0 aliphatic carbocycles. The van der Waals surface area contributed by atoms with Crippen LogP contribution in [0.3, 0.4) is 0 Å². The Bertz CT molecular complexity index is 459. The number of esters is 1. The number of phenolic OH excluding ortho intramolecular Hbond substituents is 1. The molecule has 0 radical (unpaired) electrons. The van der Waals surface area contributed by atoms with Gasteiger partial charge in [0.05, 0.1) is 23.8 Å². The van der Waals surface area contributed by atoms with Crippen molar-refractivity contribution in [2.45, 2.75) is 0 Å². The average molecular weight is 202 g/mol. The number of methoxy groups -OCH3 is 1. The highest BCUT2D eigenvalue weighted by Gasteiger charge is 2.14. The number of rotatable bonds is 1. The van der Waals surface area contributed by atoms with Crippen LogP contribution >= 0.6 is 0 Å². The van der Waals surface area contributed by atoms with E-state index in [-0.39, 0.29) is 16.7 Å². The van der Waals surface area contributed by atoms with Crippen LogP contribution in [0, 0.1) is 22.7 Å². The van der Waals surface area contributed by atoms with Gasteiger partial charge in [-0.3, -0.25) is 0 Å². The molecule has 0 aromatic heterocycles. The fourth-order valence-electron chi connectivity index (χ4n) is 1.04. The largest absolute Gasteiger partial charge is 0.505 e. The summed E-state index contributed by atoms with van der Waals surface area (Å²) < 4.78 is 4.44.